The summed E-state index contributed by atoms with van der Waals surface area (Å²) in [4.78, 5) is 41.7. The Hall–Kier alpha value is -3.29. The van der Waals surface area contributed by atoms with E-state index in [-0.39, 0.29) is 28.8 Å². The molecule has 0 radical (unpaired) electrons. The van der Waals surface area contributed by atoms with Gasteiger partial charge in [0.05, 0.1) is 11.1 Å². The van der Waals surface area contributed by atoms with E-state index in [4.69, 9.17) is 9.15 Å². The molecule has 1 fully saturated rings. The molecule has 2 aromatic rings. The number of nitrogens with zero attached hydrogens (tertiary/aromatic N) is 2. The van der Waals surface area contributed by atoms with Crippen LogP contribution in [-0.2, 0) is 11.2 Å². The van der Waals surface area contributed by atoms with E-state index in [1.165, 1.54) is 6.26 Å². The van der Waals surface area contributed by atoms with Crippen LogP contribution in [0.4, 0.5) is 16.2 Å². The Morgan fingerprint density at radius 2 is 1.68 bits per heavy atom. The van der Waals surface area contributed by atoms with Crippen molar-refractivity contribution in [3.63, 3.8) is 0 Å². The van der Waals surface area contributed by atoms with Crippen LogP contribution in [-0.4, -0.2) is 54.5 Å². The largest absolute Gasteiger partial charge is 0.468 e. The van der Waals surface area contributed by atoms with E-state index in [1.807, 2.05) is 58.9 Å². The molecule has 0 spiro atoms. The fraction of sp³-hybridized carbons (Fsp3) is 0.500. The SMILES string of the molecule is CC1(C)CC(=O)c2c(C(=O)Nc3ccc(N4CCN(C(=O)OC(C)(C)C)CC4)cc3)coc2C1. The van der Waals surface area contributed by atoms with E-state index in [0.29, 0.717) is 56.0 Å². The molecule has 2 heterocycles. The molecular formula is C26H33N3O5. The summed E-state index contributed by atoms with van der Waals surface area (Å²) in [6.45, 7) is 12.2. The summed E-state index contributed by atoms with van der Waals surface area (Å²) in [5.41, 5.74) is 1.69. The number of ketones is 1. The number of Topliss-reactive ketones (excluding diaryl/α,β-unsaturated/α-hetero) is 1. The summed E-state index contributed by atoms with van der Waals surface area (Å²) in [6, 6.07) is 7.56. The summed E-state index contributed by atoms with van der Waals surface area (Å²) in [5, 5.41) is 2.87. The van der Waals surface area contributed by atoms with Crippen molar-refractivity contribution >= 4 is 29.2 Å². The molecule has 4 rings (SSSR count). The predicted octanol–water partition coefficient (Wildman–Crippen LogP) is 4.74. The highest BCUT2D eigenvalue weighted by Gasteiger charge is 2.36. The van der Waals surface area contributed by atoms with Crippen LogP contribution < -0.4 is 10.2 Å². The zero-order chi connectivity index (χ0) is 24.7. The minimum absolute atomic E-state index is 0.0500. The number of carbonyl (C=O) groups excluding carboxylic acids is 3. The third kappa shape index (κ3) is 5.26. The van der Waals surface area contributed by atoms with Crippen molar-refractivity contribution in [3.05, 3.63) is 47.4 Å². The number of carbonyl (C=O) groups is 3. The Morgan fingerprint density at radius 3 is 2.29 bits per heavy atom. The zero-order valence-corrected chi connectivity index (χ0v) is 20.6. The first kappa shape index (κ1) is 23.9. The number of furan rings is 1. The van der Waals surface area contributed by atoms with E-state index in [0.717, 1.165) is 5.69 Å². The van der Waals surface area contributed by atoms with Crippen LogP contribution in [0, 0.1) is 5.41 Å². The maximum absolute atomic E-state index is 12.9. The molecule has 2 amide bonds. The third-order valence-electron chi connectivity index (χ3n) is 6.09. The first-order chi connectivity index (χ1) is 15.9. The molecule has 1 aliphatic carbocycles. The van der Waals surface area contributed by atoms with E-state index in [1.54, 1.807) is 4.90 Å². The van der Waals surface area contributed by atoms with Gasteiger partial charge < -0.3 is 24.3 Å². The van der Waals surface area contributed by atoms with Crippen LogP contribution in [0.2, 0.25) is 0 Å². The summed E-state index contributed by atoms with van der Waals surface area (Å²) in [7, 11) is 0. The number of nitrogens with one attached hydrogen (secondary N) is 1. The van der Waals surface area contributed by atoms with Crippen molar-refractivity contribution < 1.29 is 23.5 Å². The van der Waals surface area contributed by atoms with Crippen LogP contribution in [0.3, 0.4) is 0 Å². The zero-order valence-electron chi connectivity index (χ0n) is 20.6. The lowest BCUT2D eigenvalue weighted by Gasteiger charge is -2.36. The van der Waals surface area contributed by atoms with E-state index in [9.17, 15) is 14.4 Å². The van der Waals surface area contributed by atoms with Crippen molar-refractivity contribution in [1.29, 1.82) is 0 Å². The van der Waals surface area contributed by atoms with Gasteiger partial charge in [-0.25, -0.2) is 4.79 Å². The smallest absolute Gasteiger partial charge is 0.410 e. The van der Waals surface area contributed by atoms with E-state index < -0.39 is 5.60 Å². The molecule has 34 heavy (non-hydrogen) atoms. The van der Waals surface area contributed by atoms with Crippen molar-refractivity contribution in [1.82, 2.24) is 4.90 Å². The van der Waals surface area contributed by atoms with Gasteiger partial charge in [0.25, 0.3) is 5.91 Å². The average Bonchev–Trinajstić information content (AvgIpc) is 3.16. The molecule has 0 bridgehead atoms. The second-order valence-electron chi connectivity index (χ2n) is 10.8. The monoisotopic (exact) mass is 467 g/mol. The number of amides is 2. The molecule has 0 saturated carbocycles. The molecule has 1 saturated heterocycles. The van der Waals surface area contributed by atoms with Crippen LogP contribution >= 0.6 is 0 Å². The number of fused-ring (bicyclic) bond motifs is 1. The number of anilines is 2. The fourth-order valence-corrected chi connectivity index (χ4v) is 4.45. The number of rotatable bonds is 3. The standard InChI is InChI=1S/C26H33N3O5/c1-25(2,3)34-24(32)29-12-10-28(11-13-29)18-8-6-17(7-9-18)27-23(31)19-16-33-21-15-26(4,5)14-20(30)22(19)21/h6-9,16H,10-15H2,1-5H3,(H,27,31). The number of ether oxygens (including phenoxy) is 1. The maximum Gasteiger partial charge on any atom is 0.410 e. The summed E-state index contributed by atoms with van der Waals surface area (Å²) in [5.74, 6) is 0.190. The maximum atomic E-state index is 12.9. The average molecular weight is 468 g/mol. The van der Waals surface area contributed by atoms with Gasteiger partial charge in [0.15, 0.2) is 5.78 Å². The quantitative estimate of drug-likeness (QED) is 0.701. The van der Waals surface area contributed by atoms with Gasteiger partial charge in [-0.1, -0.05) is 13.8 Å². The number of benzene rings is 1. The lowest BCUT2D eigenvalue weighted by Crippen LogP contribution is -2.50. The van der Waals surface area contributed by atoms with Crippen molar-refractivity contribution in [2.24, 2.45) is 5.41 Å². The summed E-state index contributed by atoms with van der Waals surface area (Å²) >= 11 is 0. The number of hydrogen-bond acceptors (Lipinski definition) is 6. The molecule has 0 unspecified atom stereocenters. The minimum Gasteiger partial charge on any atom is -0.468 e. The second-order valence-corrected chi connectivity index (χ2v) is 10.8. The van der Waals surface area contributed by atoms with Crippen LogP contribution in [0.25, 0.3) is 0 Å². The van der Waals surface area contributed by atoms with Gasteiger partial charge in [0, 0.05) is 50.4 Å². The number of piperazine rings is 1. The summed E-state index contributed by atoms with van der Waals surface area (Å²) < 4.78 is 11.0. The van der Waals surface area contributed by atoms with Crippen molar-refractivity contribution in [3.8, 4) is 0 Å². The Kier molecular flexibility index (Phi) is 6.18. The van der Waals surface area contributed by atoms with Crippen molar-refractivity contribution in [2.45, 2.75) is 53.1 Å². The molecule has 1 aromatic carbocycles. The molecule has 1 N–H and O–H groups in total. The van der Waals surface area contributed by atoms with Gasteiger partial charge in [-0.15, -0.1) is 0 Å². The molecular weight excluding hydrogens is 434 g/mol. The van der Waals surface area contributed by atoms with Gasteiger partial charge in [0.2, 0.25) is 0 Å². The van der Waals surface area contributed by atoms with Crippen LogP contribution in [0.1, 0.15) is 67.5 Å². The molecule has 0 atom stereocenters. The molecule has 182 valence electrons. The minimum atomic E-state index is -0.506. The topological polar surface area (TPSA) is 92.1 Å². The second kappa shape index (κ2) is 8.81. The first-order valence-electron chi connectivity index (χ1n) is 11.7. The van der Waals surface area contributed by atoms with E-state index in [2.05, 4.69) is 10.2 Å². The molecule has 1 aromatic heterocycles. The lowest BCUT2D eigenvalue weighted by molar-refractivity contribution is 0.0240. The van der Waals surface area contributed by atoms with Gasteiger partial charge in [-0.3, -0.25) is 9.59 Å². The first-order valence-corrected chi connectivity index (χ1v) is 11.7. The Bertz CT molecular complexity index is 1090. The predicted molar refractivity (Wildman–Crippen MR) is 130 cm³/mol. The highest BCUT2D eigenvalue weighted by molar-refractivity contribution is 6.13. The molecule has 8 nitrogen and oxygen atoms in total. The Labute approximate surface area is 200 Å². The highest BCUT2D eigenvalue weighted by Crippen LogP contribution is 2.37. The normalized spacial score (nSPS) is 17.9. The molecule has 8 heteroatoms. The summed E-state index contributed by atoms with van der Waals surface area (Å²) in [6.07, 6.45) is 2.14. The Morgan fingerprint density at radius 1 is 1.03 bits per heavy atom. The van der Waals surface area contributed by atoms with Crippen molar-refractivity contribution in [2.75, 3.05) is 36.4 Å². The van der Waals surface area contributed by atoms with E-state index >= 15 is 0 Å². The van der Waals surface area contributed by atoms with Gasteiger partial charge in [-0.2, -0.15) is 0 Å². The van der Waals surface area contributed by atoms with Crippen LogP contribution in [0.5, 0.6) is 0 Å². The lowest BCUT2D eigenvalue weighted by atomic mass is 9.76. The highest BCUT2D eigenvalue weighted by atomic mass is 16.6. The molecule has 1 aliphatic heterocycles. The van der Waals surface area contributed by atoms with Crippen LogP contribution in [0.15, 0.2) is 34.9 Å². The number of hydrogen-bond donors (Lipinski definition) is 1. The van der Waals surface area contributed by atoms with Gasteiger partial charge in [-0.05, 0) is 50.5 Å². The Balaban J connectivity index is 1.36. The fourth-order valence-electron chi connectivity index (χ4n) is 4.45. The van der Waals surface area contributed by atoms with Gasteiger partial charge in [0.1, 0.15) is 17.6 Å². The van der Waals surface area contributed by atoms with Gasteiger partial charge >= 0.3 is 6.09 Å². The third-order valence-corrected chi connectivity index (χ3v) is 6.09. The molecule has 2 aliphatic rings.